The molecule has 1 aliphatic heterocycles. The third-order valence-corrected chi connectivity index (χ3v) is 7.65. The topological polar surface area (TPSA) is 111 Å². The predicted molar refractivity (Wildman–Crippen MR) is 188 cm³/mol. The summed E-state index contributed by atoms with van der Waals surface area (Å²) in [7, 11) is 0. The number of nitrogens with one attached hydrogen (secondary N) is 1. The number of carbonyl (C=O) groups excluding carboxylic acids is 3. The maximum Gasteiger partial charge on any atom is 0.340 e. The lowest BCUT2D eigenvalue weighted by Gasteiger charge is -2.29. The maximum absolute atomic E-state index is 13.1. The van der Waals surface area contributed by atoms with Crippen LogP contribution in [0.4, 0.5) is 17.1 Å². The molecule has 1 aliphatic rings. The second-order valence-electron chi connectivity index (χ2n) is 12.9. The van der Waals surface area contributed by atoms with Crippen molar-refractivity contribution in [2.24, 2.45) is 0 Å². The quantitative estimate of drug-likeness (QED) is 0.198. The zero-order chi connectivity index (χ0) is 33.5. The van der Waals surface area contributed by atoms with Crippen LogP contribution in [0.25, 0.3) is 0 Å². The van der Waals surface area contributed by atoms with Crippen LogP contribution >= 0.6 is 31.9 Å². The number of amides is 1. The van der Waals surface area contributed by atoms with Crippen molar-refractivity contribution in [3.05, 3.63) is 85.8 Å². The van der Waals surface area contributed by atoms with Crippen LogP contribution in [-0.4, -0.2) is 42.1 Å². The Kier molecular flexibility index (Phi) is 12.3. The fourth-order valence-electron chi connectivity index (χ4n) is 4.58. The summed E-state index contributed by atoms with van der Waals surface area (Å²) in [6.45, 7) is 14.9. The van der Waals surface area contributed by atoms with E-state index < -0.39 is 23.1 Å². The molecule has 0 saturated carbocycles. The van der Waals surface area contributed by atoms with Gasteiger partial charge in [0.2, 0.25) is 0 Å². The first-order valence-electron chi connectivity index (χ1n) is 14.9. The van der Waals surface area contributed by atoms with Crippen LogP contribution in [0, 0.1) is 6.92 Å². The van der Waals surface area contributed by atoms with Crippen molar-refractivity contribution < 1.29 is 23.9 Å². The molecule has 10 heteroatoms. The largest absolute Gasteiger partial charge is 0.456 e. The van der Waals surface area contributed by atoms with Gasteiger partial charge in [-0.25, -0.2) is 9.59 Å². The number of halogens is 2. The Balaban J connectivity index is 0.000000309. The molecule has 4 rings (SSSR count). The molecule has 8 nitrogen and oxygen atoms in total. The molecule has 0 spiro atoms. The molecule has 3 aromatic carbocycles. The molecule has 3 aromatic rings. The Morgan fingerprint density at radius 2 is 1.27 bits per heavy atom. The van der Waals surface area contributed by atoms with Crippen LogP contribution in [0.3, 0.4) is 0 Å². The van der Waals surface area contributed by atoms with E-state index in [9.17, 15) is 14.4 Å². The van der Waals surface area contributed by atoms with Gasteiger partial charge in [-0.15, -0.1) is 0 Å². The van der Waals surface area contributed by atoms with Crippen molar-refractivity contribution in [1.82, 2.24) is 0 Å². The maximum atomic E-state index is 13.1. The fourth-order valence-corrected chi connectivity index (χ4v) is 5.32. The molecule has 1 heterocycles. The monoisotopic (exact) mass is 743 g/mol. The summed E-state index contributed by atoms with van der Waals surface area (Å²) in [6.07, 6.45) is 3.60. The molecule has 0 unspecified atom stereocenters. The van der Waals surface area contributed by atoms with E-state index in [0.29, 0.717) is 28.1 Å². The molecule has 242 valence electrons. The van der Waals surface area contributed by atoms with Crippen LogP contribution < -0.4 is 16.0 Å². The Labute approximate surface area is 283 Å². The van der Waals surface area contributed by atoms with Gasteiger partial charge in [0.25, 0.3) is 5.91 Å². The van der Waals surface area contributed by atoms with Gasteiger partial charge in [0.15, 0.2) is 0 Å². The summed E-state index contributed by atoms with van der Waals surface area (Å²) in [5.41, 5.74) is 8.70. The zero-order valence-corrected chi connectivity index (χ0v) is 30.2. The third kappa shape index (κ3) is 11.2. The van der Waals surface area contributed by atoms with Gasteiger partial charge in [-0.1, -0.05) is 37.9 Å². The SMILES string of the molecule is CC(C)(C)OC(=O)c1ccc(Br)cc1N.Cc1ccc(N2CCCCC2)cc1C(=O)Nc1cc(Br)ccc1C(=O)OC(C)(C)C. The number of anilines is 3. The second-order valence-corrected chi connectivity index (χ2v) is 14.8. The lowest BCUT2D eigenvalue weighted by atomic mass is 10.0. The lowest BCUT2D eigenvalue weighted by Crippen LogP contribution is -2.29. The molecule has 45 heavy (non-hydrogen) atoms. The molecule has 1 saturated heterocycles. The average molecular weight is 746 g/mol. The first kappa shape index (κ1) is 36.1. The molecule has 0 aliphatic carbocycles. The number of hydrogen-bond acceptors (Lipinski definition) is 7. The highest BCUT2D eigenvalue weighted by molar-refractivity contribution is 9.10. The van der Waals surface area contributed by atoms with Crippen LogP contribution in [-0.2, 0) is 9.47 Å². The van der Waals surface area contributed by atoms with Gasteiger partial charge in [-0.05, 0) is 122 Å². The minimum atomic E-state index is -0.620. The molecule has 0 radical (unpaired) electrons. The molecular formula is C35H43Br2N3O5. The minimum absolute atomic E-state index is 0.241. The van der Waals surface area contributed by atoms with E-state index >= 15 is 0 Å². The zero-order valence-electron chi connectivity index (χ0n) is 27.1. The molecule has 1 fully saturated rings. The summed E-state index contributed by atoms with van der Waals surface area (Å²) < 4.78 is 12.3. The number of piperidine rings is 1. The van der Waals surface area contributed by atoms with Crippen molar-refractivity contribution in [3.63, 3.8) is 0 Å². The van der Waals surface area contributed by atoms with E-state index in [0.717, 1.165) is 33.3 Å². The Morgan fingerprint density at radius 1 is 0.733 bits per heavy atom. The molecule has 1 amide bonds. The first-order valence-corrected chi connectivity index (χ1v) is 16.5. The molecular weight excluding hydrogens is 702 g/mol. The van der Waals surface area contributed by atoms with Crippen molar-refractivity contribution in [2.75, 3.05) is 29.0 Å². The number of esters is 2. The summed E-state index contributed by atoms with van der Waals surface area (Å²) in [6, 6.07) is 16.2. The smallest absolute Gasteiger partial charge is 0.340 e. The van der Waals surface area contributed by atoms with Crippen LogP contribution in [0.2, 0.25) is 0 Å². The number of aryl methyl sites for hydroxylation is 1. The van der Waals surface area contributed by atoms with Gasteiger partial charge in [-0.3, -0.25) is 4.79 Å². The number of ether oxygens (including phenoxy) is 2. The third-order valence-electron chi connectivity index (χ3n) is 6.67. The average Bonchev–Trinajstić information content (AvgIpc) is 2.92. The summed E-state index contributed by atoms with van der Waals surface area (Å²) >= 11 is 6.70. The van der Waals surface area contributed by atoms with E-state index in [1.54, 1.807) is 36.4 Å². The first-order chi connectivity index (χ1) is 20.9. The van der Waals surface area contributed by atoms with Crippen molar-refractivity contribution >= 4 is 66.8 Å². The Morgan fingerprint density at radius 3 is 1.82 bits per heavy atom. The number of nitrogens with zero attached hydrogens (tertiary/aromatic N) is 1. The van der Waals surface area contributed by atoms with E-state index in [1.807, 2.05) is 60.6 Å². The normalized spacial score (nSPS) is 13.3. The lowest BCUT2D eigenvalue weighted by molar-refractivity contribution is 0.00580. The van der Waals surface area contributed by atoms with Gasteiger partial charge in [0.1, 0.15) is 11.2 Å². The van der Waals surface area contributed by atoms with Crippen LogP contribution in [0.15, 0.2) is 63.5 Å². The van der Waals surface area contributed by atoms with Gasteiger partial charge < -0.3 is 25.4 Å². The summed E-state index contributed by atoms with van der Waals surface area (Å²) in [4.78, 5) is 39.8. The van der Waals surface area contributed by atoms with E-state index in [1.165, 1.54) is 19.3 Å². The van der Waals surface area contributed by atoms with E-state index in [4.69, 9.17) is 15.2 Å². The Hall–Kier alpha value is -3.37. The van der Waals surface area contributed by atoms with Crippen molar-refractivity contribution in [3.8, 4) is 0 Å². The molecule has 0 aromatic heterocycles. The number of nitrogen functional groups attached to an aromatic ring is 1. The highest BCUT2D eigenvalue weighted by atomic mass is 79.9. The Bertz CT molecular complexity index is 1540. The van der Waals surface area contributed by atoms with Crippen molar-refractivity contribution in [1.29, 1.82) is 0 Å². The number of benzene rings is 3. The number of hydrogen-bond donors (Lipinski definition) is 2. The standard InChI is InChI=1S/C24H29BrN2O3.C11H14BrNO2/c1-16-8-10-18(27-12-6-5-7-13-27)15-20(16)22(28)26-21-14-17(25)9-11-19(21)23(29)30-24(2,3)4;1-11(2,3)15-10(14)8-5-4-7(12)6-9(8)13/h8-11,14-15H,5-7,12-13H2,1-4H3,(H,26,28);4-6H,13H2,1-3H3. The predicted octanol–water partition coefficient (Wildman–Crippen LogP) is 8.94. The minimum Gasteiger partial charge on any atom is -0.456 e. The van der Waals surface area contributed by atoms with Gasteiger partial charge in [-0.2, -0.15) is 0 Å². The van der Waals surface area contributed by atoms with Crippen molar-refractivity contribution in [2.45, 2.75) is 78.9 Å². The fraction of sp³-hybridized carbons (Fsp3) is 0.400. The summed E-state index contributed by atoms with van der Waals surface area (Å²) in [5.74, 6) is -1.11. The van der Waals surface area contributed by atoms with Gasteiger partial charge in [0.05, 0.1) is 16.8 Å². The van der Waals surface area contributed by atoms with E-state index in [2.05, 4.69) is 48.1 Å². The van der Waals surface area contributed by atoms with Crippen LogP contribution in [0.1, 0.15) is 97.4 Å². The summed E-state index contributed by atoms with van der Waals surface area (Å²) in [5, 5.41) is 2.92. The van der Waals surface area contributed by atoms with Crippen LogP contribution in [0.5, 0.6) is 0 Å². The van der Waals surface area contributed by atoms with Gasteiger partial charge >= 0.3 is 11.9 Å². The number of carbonyl (C=O) groups is 3. The molecule has 0 atom stereocenters. The molecule has 3 N–H and O–H groups in total. The van der Waals surface area contributed by atoms with E-state index in [-0.39, 0.29) is 5.91 Å². The highest BCUT2D eigenvalue weighted by Gasteiger charge is 2.23. The number of nitrogens with two attached hydrogens (primary N) is 1. The molecule has 0 bridgehead atoms. The number of rotatable bonds is 5. The second kappa shape index (κ2) is 15.3. The highest BCUT2D eigenvalue weighted by Crippen LogP contribution is 2.27. The van der Waals surface area contributed by atoms with Gasteiger partial charge in [0, 0.05) is 39.0 Å².